The van der Waals surface area contributed by atoms with E-state index in [4.69, 9.17) is 11.6 Å². The Hall–Kier alpha value is -1.06. The lowest BCUT2D eigenvalue weighted by molar-refractivity contribution is -0.117. The van der Waals surface area contributed by atoms with Crippen LogP contribution < -0.4 is 5.32 Å². The number of hydrogen-bond donors (Lipinski definition) is 1. The predicted octanol–water partition coefficient (Wildman–Crippen LogP) is 2.68. The molecule has 1 aromatic carbocycles. The maximum Gasteiger partial charge on any atom is 0.238 e. The van der Waals surface area contributed by atoms with Crippen LogP contribution >= 0.6 is 11.6 Å². The van der Waals surface area contributed by atoms with Gasteiger partial charge in [-0.15, -0.1) is 0 Å². The maximum atomic E-state index is 11.8. The monoisotopic (exact) mass is 252 g/mol. The Kier molecular flexibility index (Phi) is 4.02. The molecule has 1 saturated heterocycles. The van der Waals surface area contributed by atoms with E-state index in [1.807, 2.05) is 25.1 Å². The van der Waals surface area contributed by atoms with Gasteiger partial charge in [-0.25, -0.2) is 0 Å². The van der Waals surface area contributed by atoms with Crippen LogP contribution in [0.3, 0.4) is 0 Å². The van der Waals surface area contributed by atoms with Crippen molar-refractivity contribution in [3.63, 3.8) is 0 Å². The van der Waals surface area contributed by atoms with Gasteiger partial charge >= 0.3 is 0 Å². The summed E-state index contributed by atoms with van der Waals surface area (Å²) in [4.78, 5) is 14.0. The summed E-state index contributed by atoms with van der Waals surface area (Å²) in [5, 5.41) is 3.60. The number of hydrogen-bond acceptors (Lipinski definition) is 2. The van der Waals surface area contributed by atoms with Crippen molar-refractivity contribution in [3.8, 4) is 0 Å². The number of carbonyl (C=O) groups is 1. The smallest absolute Gasteiger partial charge is 0.238 e. The predicted molar refractivity (Wildman–Crippen MR) is 70.5 cm³/mol. The summed E-state index contributed by atoms with van der Waals surface area (Å²) in [6.07, 6.45) is 2.40. The Bertz CT molecular complexity index is 414. The topological polar surface area (TPSA) is 32.3 Å². The van der Waals surface area contributed by atoms with Crippen LogP contribution in [0.5, 0.6) is 0 Å². The van der Waals surface area contributed by atoms with Crippen LogP contribution in [0, 0.1) is 6.92 Å². The van der Waals surface area contributed by atoms with Gasteiger partial charge in [-0.05, 0) is 50.6 Å². The molecule has 2 rings (SSSR count). The van der Waals surface area contributed by atoms with Crippen LogP contribution in [0.1, 0.15) is 18.4 Å². The minimum atomic E-state index is 0.0391. The third-order valence-electron chi connectivity index (χ3n) is 3.11. The summed E-state index contributed by atoms with van der Waals surface area (Å²) < 4.78 is 0. The van der Waals surface area contributed by atoms with Gasteiger partial charge < -0.3 is 5.32 Å². The van der Waals surface area contributed by atoms with Gasteiger partial charge in [-0.1, -0.05) is 17.7 Å². The lowest BCUT2D eigenvalue weighted by Gasteiger charge is -2.15. The Morgan fingerprint density at radius 2 is 2.12 bits per heavy atom. The van der Waals surface area contributed by atoms with Crippen molar-refractivity contribution in [1.82, 2.24) is 4.90 Å². The van der Waals surface area contributed by atoms with E-state index >= 15 is 0 Å². The second kappa shape index (κ2) is 5.52. The fraction of sp³-hybridized carbons (Fsp3) is 0.462. The number of rotatable bonds is 3. The van der Waals surface area contributed by atoms with E-state index in [9.17, 15) is 4.79 Å². The first-order valence-electron chi connectivity index (χ1n) is 5.94. The number of benzene rings is 1. The molecule has 0 unspecified atom stereocenters. The average Bonchev–Trinajstić information content (AvgIpc) is 2.77. The van der Waals surface area contributed by atoms with E-state index in [0.717, 1.165) is 24.3 Å². The van der Waals surface area contributed by atoms with Crippen molar-refractivity contribution in [3.05, 3.63) is 28.8 Å². The van der Waals surface area contributed by atoms with Crippen LogP contribution in [0.4, 0.5) is 5.69 Å². The molecule has 0 aromatic heterocycles. The number of nitrogens with one attached hydrogen (secondary N) is 1. The van der Waals surface area contributed by atoms with Gasteiger partial charge in [0.1, 0.15) is 0 Å². The Morgan fingerprint density at radius 3 is 2.82 bits per heavy atom. The summed E-state index contributed by atoms with van der Waals surface area (Å²) in [5.41, 5.74) is 1.73. The zero-order valence-electron chi connectivity index (χ0n) is 10.0. The highest BCUT2D eigenvalue weighted by Gasteiger charge is 2.15. The quantitative estimate of drug-likeness (QED) is 0.897. The van der Waals surface area contributed by atoms with Gasteiger partial charge in [0.2, 0.25) is 5.91 Å². The van der Waals surface area contributed by atoms with Crippen molar-refractivity contribution >= 4 is 23.2 Å². The molecule has 17 heavy (non-hydrogen) atoms. The number of anilines is 1. The first-order valence-corrected chi connectivity index (χ1v) is 6.32. The van der Waals surface area contributed by atoms with Gasteiger partial charge in [0.05, 0.1) is 6.54 Å². The van der Waals surface area contributed by atoms with E-state index in [2.05, 4.69) is 10.2 Å². The molecule has 0 radical (unpaired) electrons. The van der Waals surface area contributed by atoms with E-state index in [1.54, 1.807) is 0 Å². The summed E-state index contributed by atoms with van der Waals surface area (Å²) in [7, 11) is 0. The number of carbonyl (C=O) groups excluding carboxylic acids is 1. The van der Waals surface area contributed by atoms with Crippen molar-refractivity contribution in [2.45, 2.75) is 19.8 Å². The lowest BCUT2D eigenvalue weighted by atomic mass is 10.2. The van der Waals surface area contributed by atoms with Gasteiger partial charge in [0.25, 0.3) is 0 Å². The van der Waals surface area contributed by atoms with E-state index in [0.29, 0.717) is 11.6 Å². The van der Waals surface area contributed by atoms with Crippen LogP contribution in [0.2, 0.25) is 5.02 Å². The molecule has 0 atom stereocenters. The molecule has 1 N–H and O–H groups in total. The van der Waals surface area contributed by atoms with Crippen LogP contribution in [-0.4, -0.2) is 30.4 Å². The second-order valence-electron chi connectivity index (χ2n) is 4.44. The zero-order chi connectivity index (χ0) is 12.3. The molecule has 1 aliphatic heterocycles. The maximum absolute atomic E-state index is 11.8. The highest BCUT2D eigenvalue weighted by molar-refractivity contribution is 6.31. The average molecular weight is 253 g/mol. The molecule has 0 bridgehead atoms. The largest absolute Gasteiger partial charge is 0.325 e. The zero-order valence-corrected chi connectivity index (χ0v) is 10.8. The molecule has 1 fully saturated rings. The van der Waals surface area contributed by atoms with Gasteiger partial charge in [0, 0.05) is 10.7 Å². The first-order chi connectivity index (χ1) is 8.16. The number of likely N-dealkylation sites (tertiary alicyclic amines) is 1. The molecule has 1 amide bonds. The molecular formula is C13H17ClN2O. The van der Waals surface area contributed by atoms with Crippen molar-refractivity contribution in [2.24, 2.45) is 0 Å². The second-order valence-corrected chi connectivity index (χ2v) is 4.85. The summed E-state index contributed by atoms with van der Waals surface area (Å²) in [6, 6.07) is 5.55. The Morgan fingerprint density at radius 1 is 1.41 bits per heavy atom. The number of halogens is 1. The molecule has 0 aliphatic carbocycles. The van der Waals surface area contributed by atoms with Crippen LogP contribution in [0.25, 0.3) is 0 Å². The third-order valence-corrected chi connectivity index (χ3v) is 3.52. The summed E-state index contributed by atoms with van der Waals surface area (Å²) in [6.45, 7) is 4.45. The fourth-order valence-corrected chi connectivity index (χ4v) is 2.25. The van der Waals surface area contributed by atoms with Crippen molar-refractivity contribution < 1.29 is 4.79 Å². The van der Waals surface area contributed by atoms with Crippen LogP contribution in [-0.2, 0) is 4.79 Å². The molecule has 3 nitrogen and oxygen atoms in total. The summed E-state index contributed by atoms with van der Waals surface area (Å²) in [5.74, 6) is 0.0391. The molecule has 0 saturated carbocycles. The minimum Gasteiger partial charge on any atom is -0.325 e. The highest BCUT2D eigenvalue weighted by atomic mass is 35.5. The van der Waals surface area contributed by atoms with Crippen molar-refractivity contribution in [2.75, 3.05) is 25.0 Å². The van der Waals surface area contributed by atoms with Gasteiger partial charge in [-0.3, -0.25) is 9.69 Å². The SMILES string of the molecule is Cc1c(Cl)cccc1NC(=O)CN1CCCC1. The molecule has 1 aliphatic rings. The Balaban J connectivity index is 1.95. The molecule has 1 heterocycles. The van der Waals surface area contributed by atoms with E-state index in [-0.39, 0.29) is 5.91 Å². The Labute approximate surface area is 107 Å². The van der Waals surface area contributed by atoms with Crippen molar-refractivity contribution in [1.29, 1.82) is 0 Å². The molecular weight excluding hydrogens is 236 g/mol. The fourth-order valence-electron chi connectivity index (χ4n) is 2.08. The first kappa shape index (κ1) is 12.4. The highest BCUT2D eigenvalue weighted by Crippen LogP contribution is 2.22. The van der Waals surface area contributed by atoms with Gasteiger partial charge in [0.15, 0.2) is 0 Å². The third kappa shape index (κ3) is 3.20. The minimum absolute atomic E-state index is 0.0391. The standard InChI is InChI=1S/C13H17ClN2O/c1-10-11(14)5-4-6-12(10)15-13(17)9-16-7-2-3-8-16/h4-6H,2-3,7-9H2,1H3,(H,15,17). The van der Waals surface area contributed by atoms with E-state index in [1.165, 1.54) is 12.8 Å². The molecule has 4 heteroatoms. The molecule has 92 valence electrons. The lowest BCUT2D eigenvalue weighted by Crippen LogP contribution is -2.31. The van der Waals surface area contributed by atoms with Gasteiger partial charge in [-0.2, -0.15) is 0 Å². The molecule has 0 spiro atoms. The number of nitrogens with zero attached hydrogens (tertiary/aromatic N) is 1. The molecule has 1 aromatic rings. The normalized spacial score (nSPS) is 16.1. The summed E-state index contributed by atoms with van der Waals surface area (Å²) >= 11 is 6.01. The van der Waals surface area contributed by atoms with E-state index < -0.39 is 0 Å². The number of amides is 1. The van der Waals surface area contributed by atoms with Crippen LogP contribution in [0.15, 0.2) is 18.2 Å².